The lowest BCUT2D eigenvalue weighted by atomic mass is 9.44. The van der Waals surface area contributed by atoms with Gasteiger partial charge in [0, 0.05) is 17.8 Å². The second-order valence-electron chi connectivity index (χ2n) is 13.2. The molecule has 0 aromatic carbocycles. The zero-order valence-electron chi connectivity index (χ0n) is 22.0. The first kappa shape index (κ1) is 26.3. The Morgan fingerprint density at radius 2 is 1.66 bits per heavy atom. The molecular weight excluding hydrogens is 492 g/mol. The van der Waals surface area contributed by atoms with Gasteiger partial charge in [0.1, 0.15) is 29.8 Å². The zero-order chi connectivity index (χ0) is 27.2. The Bertz CT molecular complexity index is 1070. The molecule has 0 aromatic rings. The average molecular weight is 531 g/mol. The molecule has 7 rings (SSSR count). The highest BCUT2D eigenvalue weighted by atomic mass is 16.6. The summed E-state index contributed by atoms with van der Waals surface area (Å²) in [6, 6.07) is 0. The molecule has 0 spiro atoms. The molecule has 3 heterocycles. The predicted octanol–water partition coefficient (Wildman–Crippen LogP) is 1.50. The molecule has 0 amide bonds. The number of hydrogen-bond acceptors (Lipinski definition) is 9. The van der Waals surface area contributed by atoms with E-state index in [4.69, 9.17) is 4.74 Å². The van der Waals surface area contributed by atoms with Crippen LogP contribution in [0.1, 0.15) is 65.2 Å². The molecule has 9 heteroatoms. The molecule has 0 aromatic heterocycles. The summed E-state index contributed by atoms with van der Waals surface area (Å²) in [5.74, 6) is -1.21. The highest BCUT2D eigenvalue weighted by Gasteiger charge is 2.69. The third-order valence-corrected chi connectivity index (χ3v) is 11.7. The molecular formula is C29H38O9. The van der Waals surface area contributed by atoms with Gasteiger partial charge in [0.2, 0.25) is 0 Å². The Hall–Kier alpha value is -1.94. The number of fused-ring (bicyclic) bond motifs is 10. The maximum absolute atomic E-state index is 13.4. The summed E-state index contributed by atoms with van der Waals surface area (Å²) in [4.78, 5) is 47.9. The molecule has 2 bridgehead atoms. The van der Waals surface area contributed by atoms with E-state index in [2.05, 4.69) is 11.7 Å². The third kappa shape index (κ3) is 3.44. The Labute approximate surface area is 221 Å². The second kappa shape index (κ2) is 8.78. The van der Waals surface area contributed by atoms with Crippen molar-refractivity contribution in [3.8, 4) is 0 Å². The highest BCUT2D eigenvalue weighted by molar-refractivity contribution is 5.98. The molecule has 4 saturated carbocycles. The summed E-state index contributed by atoms with van der Waals surface area (Å²) in [5, 5.41) is 30.6. The van der Waals surface area contributed by atoms with Crippen molar-refractivity contribution < 1.29 is 44.0 Å². The molecule has 7 aliphatic rings. The fourth-order valence-corrected chi connectivity index (χ4v) is 9.75. The number of ketones is 2. The van der Waals surface area contributed by atoms with Crippen molar-refractivity contribution in [2.45, 2.75) is 89.1 Å². The van der Waals surface area contributed by atoms with E-state index >= 15 is 0 Å². The van der Waals surface area contributed by atoms with Gasteiger partial charge in [0.15, 0.2) is 5.78 Å². The molecule has 6 fully saturated rings. The van der Waals surface area contributed by atoms with Crippen LogP contribution in [0.25, 0.3) is 0 Å². The van der Waals surface area contributed by atoms with Crippen molar-refractivity contribution in [2.75, 3.05) is 6.61 Å². The first-order chi connectivity index (χ1) is 17.9. The normalized spacial score (nSPS) is 51.9. The molecule has 3 N–H and O–H groups in total. The van der Waals surface area contributed by atoms with Gasteiger partial charge in [-0.25, -0.2) is 0 Å². The third-order valence-electron chi connectivity index (χ3n) is 11.7. The van der Waals surface area contributed by atoms with Gasteiger partial charge in [-0.3, -0.25) is 19.2 Å². The lowest BCUT2D eigenvalue weighted by Crippen LogP contribution is -2.62. The number of carbonyl (C=O) groups is 4. The molecule has 12 atom stereocenters. The largest absolute Gasteiger partial charge is 0.393 e. The molecule has 2 saturated heterocycles. The quantitative estimate of drug-likeness (QED) is 0.274. The second-order valence-corrected chi connectivity index (χ2v) is 13.2. The van der Waals surface area contributed by atoms with E-state index in [9.17, 15) is 34.5 Å². The molecule has 0 radical (unpaired) electrons. The van der Waals surface area contributed by atoms with Gasteiger partial charge in [-0.2, -0.15) is 0 Å². The van der Waals surface area contributed by atoms with Crippen LogP contribution < -0.4 is 0 Å². The molecule has 4 unspecified atom stereocenters. The van der Waals surface area contributed by atoms with E-state index in [0.29, 0.717) is 12.3 Å². The van der Waals surface area contributed by atoms with Crippen molar-refractivity contribution in [3.05, 3.63) is 12.2 Å². The van der Waals surface area contributed by atoms with Crippen LogP contribution in [0.4, 0.5) is 0 Å². The summed E-state index contributed by atoms with van der Waals surface area (Å²) >= 11 is 0. The van der Waals surface area contributed by atoms with Gasteiger partial charge in [-0.05, 0) is 68.1 Å². The van der Waals surface area contributed by atoms with Crippen LogP contribution in [0.5, 0.6) is 0 Å². The maximum Gasteiger partial charge on any atom is 0.320 e. The molecule has 208 valence electrons. The van der Waals surface area contributed by atoms with E-state index in [1.165, 1.54) is 0 Å². The Balaban J connectivity index is 0.000000182. The van der Waals surface area contributed by atoms with Crippen molar-refractivity contribution in [1.82, 2.24) is 0 Å². The van der Waals surface area contributed by atoms with Crippen LogP contribution >= 0.6 is 0 Å². The Morgan fingerprint density at radius 3 is 2.29 bits per heavy atom. The number of aliphatic hydroxyl groups excluding tert-OH is 2. The molecule has 38 heavy (non-hydrogen) atoms. The van der Waals surface area contributed by atoms with Crippen LogP contribution in [-0.4, -0.2) is 69.3 Å². The first-order valence-electron chi connectivity index (χ1n) is 14.1. The SMILES string of the molecule is C[C@]12CC[C@@H](O)C[C@H]1CC[C@@H]1[C@@H]2C(=O)C[C@@]2(C)[C@H]1CC[C@]2(O)C(=O)CO.O=C1OC(=O)C2C3C=CC(O3)C12. The van der Waals surface area contributed by atoms with Gasteiger partial charge >= 0.3 is 11.9 Å². The highest BCUT2D eigenvalue weighted by Crippen LogP contribution is 2.67. The van der Waals surface area contributed by atoms with Crippen molar-refractivity contribution in [1.29, 1.82) is 0 Å². The van der Waals surface area contributed by atoms with Gasteiger partial charge in [-0.15, -0.1) is 0 Å². The number of cyclic esters (lactones) is 2. The standard InChI is InChI=1S/C21H32O5.C8H6O4/c1-19-7-5-13(23)9-12(19)3-4-14-15-6-8-21(26,17(25)11-22)20(15,2)10-16(24)18(14)19;9-7-5-3-1-2-4(11-3)6(5)8(10)12-7/h12-15,18,22-23,26H,3-11H2,1-2H3;1-6H/t12-,13-,14+,15+,18-,19+,20+,21+;/m1./s1. The van der Waals surface area contributed by atoms with Crippen LogP contribution in [-0.2, 0) is 28.7 Å². The molecule has 9 nitrogen and oxygen atoms in total. The Morgan fingerprint density at radius 1 is 1.00 bits per heavy atom. The summed E-state index contributed by atoms with van der Waals surface area (Å²) in [7, 11) is 0. The number of carbonyl (C=O) groups excluding carboxylic acids is 4. The van der Waals surface area contributed by atoms with E-state index in [-0.39, 0.29) is 65.5 Å². The van der Waals surface area contributed by atoms with Gasteiger partial charge in [0.05, 0.1) is 18.3 Å². The number of aliphatic hydroxyl groups is 3. The average Bonchev–Trinajstić information content (AvgIpc) is 3.62. The van der Waals surface area contributed by atoms with E-state index < -0.39 is 35.3 Å². The van der Waals surface area contributed by atoms with Crippen molar-refractivity contribution in [3.63, 3.8) is 0 Å². The number of hydrogen-bond donors (Lipinski definition) is 3. The summed E-state index contributed by atoms with van der Waals surface area (Å²) in [5.41, 5.74) is -2.40. The lowest BCUT2D eigenvalue weighted by molar-refractivity contribution is -0.180. The monoisotopic (exact) mass is 530 g/mol. The Kier molecular flexibility index (Phi) is 6.07. The van der Waals surface area contributed by atoms with Crippen LogP contribution in [0, 0.1) is 46.3 Å². The summed E-state index contributed by atoms with van der Waals surface area (Å²) in [6.45, 7) is 3.46. The smallest absolute Gasteiger partial charge is 0.320 e. The molecule has 3 aliphatic heterocycles. The first-order valence-corrected chi connectivity index (χ1v) is 14.1. The fourth-order valence-electron chi connectivity index (χ4n) is 9.75. The van der Waals surface area contributed by atoms with Gasteiger partial charge in [0.25, 0.3) is 0 Å². The van der Waals surface area contributed by atoms with Gasteiger partial charge in [-0.1, -0.05) is 26.0 Å². The van der Waals surface area contributed by atoms with E-state index in [0.717, 1.165) is 38.5 Å². The summed E-state index contributed by atoms with van der Waals surface area (Å²) in [6.07, 6.45) is 8.68. The van der Waals surface area contributed by atoms with Crippen molar-refractivity contribution >= 4 is 23.5 Å². The predicted molar refractivity (Wildman–Crippen MR) is 131 cm³/mol. The summed E-state index contributed by atoms with van der Waals surface area (Å²) < 4.78 is 9.86. The minimum atomic E-state index is -1.58. The number of Topliss-reactive ketones (excluding diaryl/α,β-unsaturated/α-hetero) is 2. The van der Waals surface area contributed by atoms with E-state index in [1.807, 2.05) is 19.1 Å². The lowest BCUT2D eigenvalue weighted by Gasteiger charge is -2.60. The number of esters is 2. The van der Waals surface area contributed by atoms with Crippen LogP contribution in [0.15, 0.2) is 12.2 Å². The fraction of sp³-hybridized carbons (Fsp3) is 0.793. The van der Waals surface area contributed by atoms with Crippen LogP contribution in [0.2, 0.25) is 0 Å². The number of rotatable bonds is 2. The minimum absolute atomic E-state index is 0.0154. The minimum Gasteiger partial charge on any atom is -0.393 e. The maximum atomic E-state index is 13.4. The van der Waals surface area contributed by atoms with Crippen LogP contribution in [0.3, 0.4) is 0 Å². The number of ether oxygens (including phenoxy) is 2. The van der Waals surface area contributed by atoms with Crippen molar-refractivity contribution in [2.24, 2.45) is 46.3 Å². The topological polar surface area (TPSA) is 147 Å². The molecule has 4 aliphatic carbocycles. The van der Waals surface area contributed by atoms with E-state index in [1.54, 1.807) is 0 Å². The zero-order valence-corrected chi connectivity index (χ0v) is 22.0. The van der Waals surface area contributed by atoms with Gasteiger partial charge < -0.3 is 24.8 Å².